The average Bonchev–Trinajstić information content (AvgIpc) is 1.61. The van der Waals surface area contributed by atoms with Crippen LogP contribution >= 0.6 is 0 Å². The van der Waals surface area contributed by atoms with Crippen LogP contribution in [0.1, 0.15) is 261 Å². The fourth-order valence-corrected chi connectivity index (χ4v) is 19.1. The van der Waals surface area contributed by atoms with Gasteiger partial charge in [-0.15, -0.1) is 0 Å². The molecule has 15 heteroatoms. The highest BCUT2D eigenvalue weighted by atomic mass is 15.4. The molecule has 0 aliphatic carbocycles. The fourth-order valence-electron chi connectivity index (χ4n) is 19.1. The first-order chi connectivity index (χ1) is 63.2. The summed E-state index contributed by atoms with van der Waals surface area (Å²) in [6, 6.07) is 96.2. The molecule has 0 fully saturated rings. The third-order valence-corrected chi connectivity index (χ3v) is 25.2. The highest BCUT2D eigenvalue weighted by Gasteiger charge is 2.38. The van der Waals surface area contributed by atoms with Gasteiger partial charge in [-0.2, -0.15) is 4.57 Å². The lowest BCUT2D eigenvalue weighted by Gasteiger charge is -2.22. The Morgan fingerprint density at radius 2 is 0.562 bits per heavy atom. The van der Waals surface area contributed by atoms with Gasteiger partial charge in [0.05, 0.1) is 91.8 Å². The number of rotatable bonds is 23. The van der Waals surface area contributed by atoms with E-state index in [0.29, 0.717) is 65.4 Å². The molecule has 680 valence electrons. The minimum Gasteiger partial charge on any atom is -0.234 e. The molecule has 0 saturated carbocycles. The van der Waals surface area contributed by atoms with Crippen LogP contribution in [0.2, 0.25) is 0 Å². The molecule has 0 amide bonds. The summed E-state index contributed by atoms with van der Waals surface area (Å²) >= 11 is 0. The summed E-state index contributed by atoms with van der Waals surface area (Å²) < 4.78 is 47.7. The van der Waals surface area contributed by atoms with Gasteiger partial charge in [-0.3, -0.25) is 0 Å². The number of anilines is 10. The van der Waals surface area contributed by atoms with E-state index in [2.05, 4.69) is 510 Å². The molecule has 130 heavy (non-hydrogen) atoms. The summed E-state index contributed by atoms with van der Waals surface area (Å²) in [7, 11) is 15.1. The van der Waals surface area contributed by atoms with Crippen LogP contribution in [0, 0.1) is 13.8 Å². The number of aryl methyl sites for hydroxylation is 4. The van der Waals surface area contributed by atoms with E-state index in [4.69, 9.17) is 4.11 Å². The van der Waals surface area contributed by atoms with E-state index in [1.165, 1.54) is 124 Å². The van der Waals surface area contributed by atoms with E-state index in [1.807, 2.05) is 42.1 Å². The lowest BCUT2D eigenvalue weighted by molar-refractivity contribution is -0.702. The first-order valence-corrected chi connectivity index (χ1v) is 47.2. The number of benzene rings is 11. The molecule has 15 nitrogen and oxygen atoms in total. The van der Waals surface area contributed by atoms with Crippen LogP contribution in [-0.4, -0.2) is 58.1 Å². The Bertz CT molecular complexity index is 6430. The van der Waals surface area contributed by atoms with E-state index in [1.54, 1.807) is 6.07 Å². The normalized spacial score (nSPS) is 12.1. The number of para-hydroxylation sites is 15. The number of hydrogen-bond acceptors (Lipinski definition) is 5. The lowest BCUT2D eigenvalue weighted by atomic mass is 10.0. The van der Waals surface area contributed by atoms with Gasteiger partial charge in [-0.05, 0) is 256 Å². The van der Waals surface area contributed by atoms with E-state index < -0.39 is 6.85 Å². The Morgan fingerprint density at radius 3 is 0.915 bits per heavy atom. The van der Waals surface area contributed by atoms with E-state index >= 15 is 0 Å². The molecule has 5 heterocycles. The van der Waals surface area contributed by atoms with Crippen LogP contribution in [0.15, 0.2) is 279 Å². The number of fused-ring (bicyclic) bond motifs is 4. The zero-order valence-corrected chi connectivity index (χ0v) is 83.6. The van der Waals surface area contributed by atoms with Crippen molar-refractivity contribution in [2.75, 3.05) is 59.7 Å². The summed E-state index contributed by atoms with van der Waals surface area (Å²) in [5, 5.41) is 0. The molecule has 5 aromatic heterocycles. The van der Waals surface area contributed by atoms with Gasteiger partial charge >= 0.3 is 29.7 Å². The lowest BCUT2D eigenvalue weighted by Crippen LogP contribution is -2.41. The monoisotopic (exact) mass is 1740 g/mol. The Labute approximate surface area is 782 Å². The fraction of sp³-hybridized carbons (Fsp3) is 0.365. The molecule has 0 aliphatic rings. The molecule has 0 radical (unpaired) electrons. The van der Waals surface area contributed by atoms with Crippen molar-refractivity contribution in [1.82, 2.24) is 22.8 Å². The molecular formula is C115H150N15+5. The molecular weight excluding hydrogens is 1590 g/mol. The number of imidazole rings is 5. The molecule has 0 spiro atoms. The van der Waals surface area contributed by atoms with Crippen molar-refractivity contribution < 1.29 is 26.9 Å². The topological polar surface area (TPSA) is 60.3 Å². The molecule has 16 rings (SSSR count). The Hall–Kier alpha value is -12.5. The van der Waals surface area contributed by atoms with Crippen LogP contribution in [0.4, 0.5) is 58.2 Å². The zero-order valence-electron chi connectivity index (χ0n) is 86.6. The van der Waals surface area contributed by atoms with Crippen molar-refractivity contribution in [3.63, 3.8) is 0 Å². The second-order valence-corrected chi connectivity index (χ2v) is 38.1. The minimum atomic E-state index is -2.19. The highest BCUT2D eigenvalue weighted by Crippen LogP contribution is 2.41. The van der Waals surface area contributed by atoms with Gasteiger partial charge in [0, 0.05) is 4.11 Å². The van der Waals surface area contributed by atoms with Crippen LogP contribution in [0.25, 0.3) is 55.5 Å². The predicted octanol–water partition coefficient (Wildman–Crippen LogP) is 28.1. The second kappa shape index (κ2) is 41.9. The smallest absolute Gasteiger partial charge is 0.234 e. The van der Waals surface area contributed by atoms with Gasteiger partial charge in [-0.1, -0.05) is 245 Å². The van der Waals surface area contributed by atoms with Crippen LogP contribution in [-0.2, 0) is 14.1 Å². The van der Waals surface area contributed by atoms with E-state index in [0.717, 1.165) is 22.9 Å². The number of hydrogen-bond donors (Lipinski definition) is 0. The van der Waals surface area contributed by atoms with Crippen molar-refractivity contribution in [3.05, 3.63) is 318 Å². The molecule has 0 N–H and O–H groups in total. The van der Waals surface area contributed by atoms with Gasteiger partial charge in [0.1, 0.15) is 90.1 Å². The number of nitrogens with zero attached hydrogens (tertiary/aromatic N) is 15. The molecule has 0 atom stereocenters. The Morgan fingerprint density at radius 1 is 0.277 bits per heavy atom. The van der Waals surface area contributed by atoms with Gasteiger partial charge in [0.2, 0.25) is 0 Å². The van der Waals surface area contributed by atoms with Crippen molar-refractivity contribution in [2.45, 2.75) is 232 Å². The maximum atomic E-state index is 8.08. The molecule has 0 bridgehead atoms. The van der Waals surface area contributed by atoms with E-state index in [9.17, 15) is 0 Å². The van der Waals surface area contributed by atoms with Gasteiger partial charge in [-0.25, -0.2) is 65.6 Å². The third kappa shape index (κ3) is 19.7. The van der Waals surface area contributed by atoms with Gasteiger partial charge in [0.15, 0.2) is 0 Å². The SMILES string of the molecule is CC(C)c1ccccc1N(C)c1n(-c2ccccc2)c2ccccc2[n+]1C(C)C.CC(C)c1ccccc1N(C)c1n(C(C)C)c2ccccc2[n+]1C.CC(C)c1ccccc1N(C)c1n(C(C)C)c2ccccc2[n+]1C.CC(C)c1ccccc1N(C)c1n(C(C)C)c2ccccc2[n+]1C(C)C.[2H]C([2H])([2H])c1cccc(C)c1-n1cc[n+](C(C)C)c1N(C)c1ccccc1C(C)C. The van der Waals surface area contributed by atoms with Crippen LogP contribution in [0.5, 0.6) is 0 Å². The first kappa shape index (κ1) is 92.2. The quantitative estimate of drug-likeness (QED) is 0.0597. The van der Waals surface area contributed by atoms with Gasteiger partial charge in [0.25, 0.3) is 0 Å². The minimum absolute atomic E-state index is 0.218. The average molecular weight is 1750 g/mol. The Balaban J connectivity index is 0.000000150. The molecule has 11 aromatic carbocycles. The predicted molar refractivity (Wildman–Crippen MR) is 553 cm³/mol. The summed E-state index contributed by atoms with van der Waals surface area (Å²) in [5.41, 5.74) is 26.2. The third-order valence-electron chi connectivity index (χ3n) is 25.2. The summed E-state index contributed by atoms with van der Waals surface area (Å²) in [5.74, 6) is 8.04. The largest absolute Gasteiger partial charge is 0.370 e. The second-order valence-electron chi connectivity index (χ2n) is 38.1. The molecule has 16 aromatic rings. The standard InChI is InChI=1S/C26H30N3.C24H32N3.C23H32N3.2C21H28N3/c1-19(2)22-15-9-10-16-23(22)27(5)26-28(20(3)4)24-17-11-12-18-25(24)29(26)21-13-7-6-8-14-21;1-17(2)21-13-8-9-14-22(21)25(7)24-26(18(3)4)15-16-27(24)23-19(5)11-10-12-20(23)6;1-16(2)19-12-8-9-13-20(19)24(7)23-25(17(3)4)21-14-10-11-15-22(21)26(23)18(5)6;2*1-15(2)17-11-7-8-12-18(17)22(5)21-23(6)19-13-9-10-14-20(19)24(21)16(3)4/h6-20H,1-5H3;8-18H,1-7H3;8-18H,1-7H3;2*7-16H,1-6H3/q5*+1/i;5D3;;;. The molecule has 0 saturated heterocycles. The highest BCUT2D eigenvalue weighted by molar-refractivity contribution is 5.81. The van der Waals surface area contributed by atoms with Gasteiger partial charge < -0.3 is 0 Å². The maximum absolute atomic E-state index is 8.08. The van der Waals surface area contributed by atoms with Crippen molar-refractivity contribution >= 4 is 102 Å². The number of aromatic nitrogens is 10. The van der Waals surface area contributed by atoms with Crippen LogP contribution < -0.4 is 47.3 Å². The van der Waals surface area contributed by atoms with Crippen molar-refractivity contribution in [3.8, 4) is 11.4 Å². The summed E-state index contributed by atoms with van der Waals surface area (Å²) in [4.78, 5) is 11.5. The molecule has 0 unspecified atom stereocenters. The van der Waals surface area contributed by atoms with Crippen molar-refractivity contribution in [1.29, 1.82) is 0 Å². The summed E-state index contributed by atoms with van der Waals surface area (Å²) in [6.45, 7) is 49.1. The Kier molecular flexibility index (Phi) is 29.8. The van der Waals surface area contributed by atoms with Crippen LogP contribution in [0.3, 0.4) is 0 Å². The zero-order chi connectivity index (χ0) is 96.6. The summed E-state index contributed by atoms with van der Waals surface area (Å²) in [6.07, 6.45) is 4.01. The maximum Gasteiger partial charge on any atom is 0.370 e. The molecule has 0 aliphatic heterocycles. The first-order valence-electron chi connectivity index (χ1n) is 48.7. The van der Waals surface area contributed by atoms with Crippen molar-refractivity contribution in [2.24, 2.45) is 14.1 Å². The van der Waals surface area contributed by atoms with E-state index in [-0.39, 0.29) is 6.04 Å².